The molecular weight excluding hydrogens is 240 g/mol. The maximum Gasteiger partial charge on any atom is 0.182 e. The lowest BCUT2D eigenvalue weighted by molar-refractivity contribution is 0.215. The zero-order chi connectivity index (χ0) is 13.1. The Kier molecular flexibility index (Phi) is 3.59. The summed E-state index contributed by atoms with van der Waals surface area (Å²) in [6.07, 6.45) is 7.03. The third-order valence-electron chi connectivity index (χ3n) is 3.91. The van der Waals surface area contributed by atoms with Gasteiger partial charge in [-0.1, -0.05) is 0 Å². The maximum atomic E-state index is 4.27. The van der Waals surface area contributed by atoms with E-state index in [2.05, 4.69) is 37.2 Å². The van der Waals surface area contributed by atoms with E-state index in [9.17, 15) is 0 Å². The molecule has 0 spiro atoms. The zero-order valence-electron chi connectivity index (χ0n) is 11.3. The van der Waals surface area contributed by atoms with Crippen LogP contribution in [0, 0.1) is 5.92 Å². The maximum absolute atomic E-state index is 4.27. The number of fused-ring (bicyclic) bond motifs is 1. The van der Waals surface area contributed by atoms with Gasteiger partial charge in [0, 0.05) is 6.54 Å². The van der Waals surface area contributed by atoms with Crippen LogP contribution in [0.5, 0.6) is 0 Å². The lowest BCUT2D eigenvalue weighted by atomic mass is 9.94. The van der Waals surface area contributed by atoms with Crippen molar-refractivity contribution >= 4 is 17.0 Å². The first kappa shape index (κ1) is 12.3. The van der Waals surface area contributed by atoms with E-state index in [1.807, 2.05) is 0 Å². The largest absolute Gasteiger partial charge is 0.368 e. The number of hydrogen-bond donors (Lipinski definition) is 2. The van der Waals surface area contributed by atoms with Gasteiger partial charge >= 0.3 is 0 Å². The molecule has 3 heterocycles. The predicted octanol–water partition coefficient (Wildman–Crippen LogP) is 1.50. The fraction of sp³-hybridized carbons (Fsp3) is 0.615. The average Bonchev–Trinajstić information content (AvgIpc) is 2.90. The number of aromatic nitrogens is 4. The average molecular weight is 260 g/mol. The van der Waals surface area contributed by atoms with Gasteiger partial charge in [0.05, 0.1) is 6.33 Å². The second kappa shape index (κ2) is 5.52. The van der Waals surface area contributed by atoms with Crippen molar-refractivity contribution in [2.45, 2.75) is 19.3 Å². The van der Waals surface area contributed by atoms with Crippen LogP contribution in [0.4, 0.5) is 5.82 Å². The molecule has 102 valence electrons. The Bertz CT molecular complexity index is 529. The summed E-state index contributed by atoms with van der Waals surface area (Å²) < 4.78 is 0. The van der Waals surface area contributed by atoms with Crippen molar-refractivity contribution in [1.29, 1.82) is 0 Å². The third kappa shape index (κ3) is 2.84. The van der Waals surface area contributed by atoms with Gasteiger partial charge in [-0.05, 0) is 45.3 Å². The topological polar surface area (TPSA) is 69.7 Å². The highest BCUT2D eigenvalue weighted by atomic mass is 15.1. The number of nitrogens with zero attached hydrogens (tertiary/aromatic N) is 4. The molecule has 1 fully saturated rings. The number of anilines is 1. The minimum absolute atomic E-state index is 0.719. The summed E-state index contributed by atoms with van der Waals surface area (Å²) in [6.45, 7) is 3.41. The molecule has 19 heavy (non-hydrogen) atoms. The van der Waals surface area contributed by atoms with Crippen molar-refractivity contribution in [3.8, 4) is 0 Å². The van der Waals surface area contributed by atoms with Gasteiger partial charge in [0.25, 0.3) is 0 Å². The Morgan fingerprint density at radius 1 is 1.32 bits per heavy atom. The standard InChI is InChI=1S/C13H20N6/c1-19-6-3-10(4-7-19)2-5-14-12-11-13(16-8-15-11)18-9-17-12/h8-10H,2-7H2,1H3,(H2,14,15,16,17,18). The van der Waals surface area contributed by atoms with E-state index < -0.39 is 0 Å². The number of likely N-dealkylation sites (tertiary alicyclic amines) is 1. The summed E-state index contributed by atoms with van der Waals surface area (Å²) in [5, 5.41) is 3.40. The molecule has 2 aromatic rings. The van der Waals surface area contributed by atoms with Gasteiger partial charge in [0.2, 0.25) is 0 Å². The van der Waals surface area contributed by atoms with Gasteiger partial charge in [-0.15, -0.1) is 0 Å². The lowest BCUT2D eigenvalue weighted by Crippen LogP contribution is -2.30. The number of aromatic amines is 1. The monoisotopic (exact) mass is 260 g/mol. The molecule has 6 nitrogen and oxygen atoms in total. The van der Waals surface area contributed by atoms with E-state index >= 15 is 0 Å². The Hall–Kier alpha value is -1.69. The van der Waals surface area contributed by atoms with E-state index in [0.29, 0.717) is 0 Å². The Balaban J connectivity index is 1.53. The van der Waals surface area contributed by atoms with Gasteiger partial charge in [-0.25, -0.2) is 15.0 Å². The molecule has 0 radical (unpaired) electrons. The third-order valence-corrected chi connectivity index (χ3v) is 3.91. The second-order valence-electron chi connectivity index (χ2n) is 5.29. The van der Waals surface area contributed by atoms with Crippen LogP contribution in [0.2, 0.25) is 0 Å². The molecule has 0 amide bonds. The molecule has 3 rings (SSSR count). The van der Waals surface area contributed by atoms with Crippen LogP contribution >= 0.6 is 0 Å². The van der Waals surface area contributed by atoms with Gasteiger partial charge < -0.3 is 15.2 Å². The summed E-state index contributed by atoms with van der Waals surface area (Å²) in [5.74, 6) is 1.69. The first-order valence-electron chi connectivity index (χ1n) is 6.89. The minimum atomic E-state index is 0.719. The van der Waals surface area contributed by atoms with Gasteiger partial charge in [-0.3, -0.25) is 0 Å². The van der Waals surface area contributed by atoms with Gasteiger partial charge in [-0.2, -0.15) is 0 Å². The van der Waals surface area contributed by atoms with Crippen LogP contribution in [0.3, 0.4) is 0 Å². The van der Waals surface area contributed by atoms with E-state index in [4.69, 9.17) is 0 Å². The van der Waals surface area contributed by atoms with Crippen LogP contribution < -0.4 is 5.32 Å². The van der Waals surface area contributed by atoms with Crippen molar-refractivity contribution in [2.75, 3.05) is 32.0 Å². The van der Waals surface area contributed by atoms with Crippen molar-refractivity contribution in [1.82, 2.24) is 24.8 Å². The van der Waals surface area contributed by atoms with Crippen LogP contribution in [-0.4, -0.2) is 51.5 Å². The normalized spacial score (nSPS) is 17.9. The first-order chi connectivity index (χ1) is 9.33. The molecule has 0 saturated carbocycles. The smallest absolute Gasteiger partial charge is 0.182 e. The number of H-pyrrole nitrogens is 1. The molecule has 2 aromatic heterocycles. The fourth-order valence-electron chi connectivity index (χ4n) is 2.64. The highest BCUT2D eigenvalue weighted by Gasteiger charge is 2.16. The summed E-state index contributed by atoms with van der Waals surface area (Å²) >= 11 is 0. The van der Waals surface area contributed by atoms with Crippen LogP contribution in [0.25, 0.3) is 11.2 Å². The first-order valence-corrected chi connectivity index (χ1v) is 6.89. The minimum Gasteiger partial charge on any atom is -0.368 e. The molecule has 1 aliphatic heterocycles. The van der Waals surface area contributed by atoms with E-state index in [1.165, 1.54) is 32.4 Å². The summed E-state index contributed by atoms with van der Waals surface area (Å²) in [4.78, 5) is 18.0. The zero-order valence-corrected chi connectivity index (χ0v) is 11.3. The molecule has 1 saturated heterocycles. The summed E-state index contributed by atoms with van der Waals surface area (Å²) in [7, 11) is 2.20. The SMILES string of the molecule is CN1CCC(CCNc2ncnc3nc[nH]c23)CC1. The van der Waals surface area contributed by atoms with Crippen molar-refractivity contribution in [2.24, 2.45) is 5.92 Å². The Morgan fingerprint density at radius 3 is 3.00 bits per heavy atom. The van der Waals surface area contributed by atoms with Gasteiger partial charge in [0.1, 0.15) is 11.8 Å². The Morgan fingerprint density at radius 2 is 2.16 bits per heavy atom. The molecule has 0 aromatic carbocycles. The molecule has 0 atom stereocenters. The molecule has 0 bridgehead atoms. The quantitative estimate of drug-likeness (QED) is 0.871. The van der Waals surface area contributed by atoms with Crippen LogP contribution in [-0.2, 0) is 0 Å². The molecule has 2 N–H and O–H groups in total. The number of rotatable bonds is 4. The molecule has 0 unspecified atom stereocenters. The van der Waals surface area contributed by atoms with Crippen LogP contribution in [0.1, 0.15) is 19.3 Å². The van der Waals surface area contributed by atoms with E-state index in [1.54, 1.807) is 12.7 Å². The number of nitrogens with one attached hydrogen (secondary N) is 2. The highest BCUT2D eigenvalue weighted by molar-refractivity contribution is 5.81. The van der Waals surface area contributed by atoms with Crippen LogP contribution in [0.15, 0.2) is 12.7 Å². The highest BCUT2D eigenvalue weighted by Crippen LogP contribution is 2.20. The van der Waals surface area contributed by atoms with E-state index in [-0.39, 0.29) is 0 Å². The molecule has 0 aliphatic carbocycles. The number of piperidine rings is 1. The predicted molar refractivity (Wildman–Crippen MR) is 75.0 cm³/mol. The number of imidazole rings is 1. The summed E-state index contributed by atoms with van der Waals surface area (Å²) in [6, 6.07) is 0. The fourth-order valence-corrected chi connectivity index (χ4v) is 2.64. The van der Waals surface area contributed by atoms with Crippen molar-refractivity contribution in [3.63, 3.8) is 0 Å². The number of hydrogen-bond acceptors (Lipinski definition) is 5. The Labute approximate surface area is 112 Å². The molecule has 1 aliphatic rings. The summed E-state index contributed by atoms with van der Waals surface area (Å²) in [5.41, 5.74) is 1.61. The molecule has 6 heteroatoms. The van der Waals surface area contributed by atoms with Crippen molar-refractivity contribution in [3.05, 3.63) is 12.7 Å². The van der Waals surface area contributed by atoms with Crippen molar-refractivity contribution < 1.29 is 0 Å². The second-order valence-corrected chi connectivity index (χ2v) is 5.29. The lowest BCUT2D eigenvalue weighted by Gasteiger charge is -2.28. The van der Waals surface area contributed by atoms with E-state index in [0.717, 1.165) is 29.4 Å². The molecular formula is C13H20N6. The van der Waals surface area contributed by atoms with Gasteiger partial charge in [0.15, 0.2) is 11.5 Å².